The van der Waals surface area contributed by atoms with Gasteiger partial charge in [-0.1, -0.05) is 0 Å². The van der Waals surface area contributed by atoms with Gasteiger partial charge in [0.2, 0.25) is 0 Å². The van der Waals surface area contributed by atoms with Gasteiger partial charge in [-0.15, -0.1) is 0 Å². The number of nitrogens with one attached hydrogen (secondary N) is 1. The van der Waals surface area contributed by atoms with Gasteiger partial charge in [0.05, 0.1) is 24.4 Å². The number of rotatable bonds is 5. The van der Waals surface area contributed by atoms with E-state index in [2.05, 4.69) is 58.0 Å². The summed E-state index contributed by atoms with van der Waals surface area (Å²) in [5, 5.41) is 7.80. The molecule has 0 saturated heterocycles. The van der Waals surface area contributed by atoms with Crippen molar-refractivity contribution in [1.29, 1.82) is 0 Å². The van der Waals surface area contributed by atoms with Crippen molar-refractivity contribution in [2.75, 3.05) is 6.61 Å². The van der Waals surface area contributed by atoms with Gasteiger partial charge in [-0.3, -0.25) is 4.68 Å². The monoisotopic (exact) mass is 253 g/mol. The molecule has 4 heteroatoms. The van der Waals surface area contributed by atoms with E-state index in [1.165, 1.54) is 5.69 Å². The Labute approximate surface area is 111 Å². The van der Waals surface area contributed by atoms with Crippen molar-refractivity contribution in [1.82, 2.24) is 15.1 Å². The van der Waals surface area contributed by atoms with Gasteiger partial charge in [-0.2, -0.15) is 5.10 Å². The molecule has 0 amide bonds. The fourth-order valence-electron chi connectivity index (χ4n) is 1.51. The van der Waals surface area contributed by atoms with Crippen molar-refractivity contribution < 1.29 is 4.74 Å². The molecule has 0 aliphatic rings. The van der Waals surface area contributed by atoms with E-state index in [-0.39, 0.29) is 11.1 Å². The molecule has 0 spiro atoms. The number of aromatic nitrogens is 2. The number of hydrogen-bond acceptors (Lipinski definition) is 3. The summed E-state index contributed by atoms with van der Waals surface area (Å²) < 4.78 is 7.73. The Hall–Kier alpha value is -0.870. The zero-order valence-electron chi connectivity index (χ0n) is 12.6. The summed E-state index contributed by atoms with van der Waals surface area (Å²) in [4.78, 5) is 0. The molecule has 4 nitrogen and oxygen atoms in total. The smallest absolute Gasteiger partial charge is 0.0669 e. The van der Waals surface area contributed by atoms with E-state index < -0.39 is 0 Å². The maximum atomic E-state index is 5.72. The zero-order valence-corrected chi connectivity index (χ0v) is 12.6. The van der Waals surface area contributed by atoms with Crippen LogP contribution >= 0.6 is 0 Å². The van der Waals surface area contributed by atoms with Crippen LogP contribution in [0, 0.1) is 0 Å². The maximum absolute atomic E-state index is 5.72. The van der Waals surface area contributed by atoms with Gasteiger partial charge in [-0.25, -0.2) is 0 Å². The van der Waals surface area contributed by atoms with Crippen molar-refractivity contribution in [3.8, 4) is 0 Å². The Bertz CT molecular complexity index is 358. The second-order valence-electron chi connectivity index (χ2n) is 6.61. The van der Waals surface area contributed by atoms with Crippen LogP contribution in [0.3, 0.4) is 0 Å². The Morgan fingerprint density at radius 3 is 2.44 bits per heavy atom. The molecule has 1 heterocycles. The van der Waals surface area contributed by atoms with E-state index in [1.807, 2.05) is 10.9 Å². The van der Waals surface area contributed by atoms with Gasteiger partial charge in [0.15, 0.2) is 0 Å². The summed E-state index contributed by atoms with van der Waals surface area (Å²) in [6.07, 6.45) is 1.84. The van der Waals surface area contributed by atoms with Crippen molar-refractivity contribution in [2.45, 2.75) is 65.8 Å². The molecule has 0 aliphatic carbocycles. The van der Waals surface area contributed by atoms with Crippen LogP contribution in [-0.4, -0.2) is 27.5 Å². The highest BCUT2D eigenvalue weighted by atomic mass is 16.5. The average Bonchev–Trinajstić information content (AvgIpc) is 2.59. The predicted octanol–water partition coefficient (Wildman–Crippen LogP) is 2.59. The molecule has 0 atom stereocenters. The Morgan fingerprint density at radius 2 is 1.89 bits per heavy atom. The maximum Gasteiger partial charge on any atom is 0.0669 e. The van der Waals surface area contributed by atoms with Crippen molar-refractivity contribution in [3.05, 3.63) is 18.0 Å². The first-order valence-electron chi connectivity index (χ1n) is 6.57. The average molecular weight is 253 g/mol. The van der Waals surface area contributed by atoms with Gasteiger partial charge in [0.1, 0.15) is 0 Å². The molecule has 0 aliphatic heterocycles. The van der Waals surface area contributed by atoms with Crippen LogP contribution in [0.1, 0.15) is 47.2 Å². The fourth-order valence-corrected chi connectivity index (χ4v) is 1.51. The molecule has 0 aromatic carbocycles. The number of nitrogens with zero attached hydrogens (tertiary/aromatic N) is 2. The number of hydrogen-bond donors (Lipinski definition) is 1. The van der Waals surface area contributed by atoms with Crippen molar-refractivity contribution in [3.63, 3.8) is 0 Å². The first-order valence-corrected chi connectivity index (χ1v) is 6.57. The minimum absolute atomic E-state index is 0.0863. The number of ether oxygens (including phenoxy) is 1. The first-order chi connectivity index (χ1) is 8.17. The third-order valence-corrected chi connectivity index (χ3v) is 2.44. The highest BCUT2D eigenvalue weighted by Crippen LogP contribution is 2.08. The zero-order chi connectivity index (χ0) is 13.8. The van der Waals surface area contributed by atoms with E-state index in [4.69, 9.17) is 4.74 Å². The molecule has 18 heavy (non-hydrogen) atoms. The second kappa shape index (κ2) is 5.85. The quantitative estimate of drug-likeness (QED) is 0.876. The van der Waals surface area contributed by atoms with Crippen LogP contribution in [0.4, 0.5) is 0 Å². The highest BCUT2D eigenvalue weighted by Gasteiger charge is 2.12. The lowest BCUT2D eigenvalue weighted by Gasteiger charge is -2.22. The van der Waals surface area contributed by atoms with Crippen LogP contribution in [0.15, 0.2) is 12.3 Å². The lowest BCUT2D eigenvalue weighted by Crippen LogP contribution is -2.35. The summed E-state index contributed by atoms with van der Waals surface area (Å²) in [7, 11) is 0. The van der Waals surface area contributed by atoms with E-state index in [9.17, 15) is 0 Å². The minimum atomic E-state index is -0.0863. The van der Waals surface area contributed by atoms with Crippen molar-refractivity contribution in [2.24, 2.45) is 0 Å². The molecule has 1 aromatic heterocycles. The molecule has 0 radical (unpaired) electrons. The van der Waals surface area contributed by atoms with Gasteiger partial charge >= 0.3 is 0 Å². The van der Waals surface area contributed by atoms with Gasteiger partial charge in [-0.05, 0) is 47.6 Å². The predicted molar refractivity (Wildman–Crippen MR) is 74.5 cm³/mol. The van der Waals surface area contributed by atoms with E-state index in [0.29, 0.717) is 6.61 Å². The fraction of sp³-hybridized carbons (Fsp3) is 0.786. The molecule has 0 bridgehead atoms. The third-order valence-electron chi connectivity index (χ3n) is 2.44. The molecule has 0 unspecified atom stereocenters. The highest BCUT2D eigenvalue weighted by molar-refractivity contribution is 5.00. The minimum Gasteiger partial charge on any atom is -0.374 e. The Morgan fingerprint density at radius 1 is 1.22 bits per heavy atom. The van der Waals surface area contributed by atoms with E-state index in [0.717, 1.165) is 13.1 Å². The SMILES string of the molecule is CC(C)(C)NCc1ccnn1CCOC(C)(C)C. The van der Waals surface area contributed by atoms with Crippen LogP contribution in [0.2, 0.25) is 0 Å². The Balaban J connectivity index is 2.45. The molecule has 104 valence electrons. The summed E-state index contributed by atoms with van der Waals surface area (Å²) in [5.74, 6) is 0. The lowest BCUT2D eigenvalue weighted by molar-refractivity contribution is -0.00819. The molecule has 1 rings (SSSR count). The summed E-state index contributed by atoms with van der Waals surface area (Å²) >= 11 is 0. The van der Waals surface area contributed by atoms with Crippen LogP contribution < -0.4 is 5.32 Å². The molecular formula is C14H27N3O. The summed E-state index contributed by atoms with van der Waals surface area (Å²) in [6.45, 7) is 15.0. The largest absolute Gasteiger partial charge is 0.374 e. The third kappa shape index (κ3) is 6.17. The molecule has 0 saturated carbocycles. The van der Waals surface area contributed by atoms with Crippen LogP contribution in [-0.2, 0) is 17.8 Å². The van der Waals surface area contributed by atoms with Crippen LogP contribution in [0.25, 0.3) is 0 Å². The topological polar surface area (TPSA) is 39.1 Å². The molecule has 0 fully saturated rings. The van der Waals surface area contributed by atoms with E-state index in [1.54, 1.807) is 0 Å². The second-order valence-corrected chi connectivity index (χ2v) is 6.61. The van der Waals surface area contributed by atoms with Crippen molar-refractivity contribution >= 4 is 0 Å². The summed E-state index contributed by atoms with van der Waals surface area (Å²) in [6, 6.07) is 2.05. The van der Waals surface area contributed by atoms with Gasteiger partial charge in [0.25, 0.3) is 0 Å². The standard InChI is InChI=1S/C14H27N3O/c1-13(2,3)15-11-12-7-8-16-17(12)9-10-18-14(4,5)6/h7-8,15H,9-11H2,1-6H3. The molecule has 1 N–H and O–H groups in total. The summed E-state index contributed by atoms with van der Waals surface area (Å²) in [5.41, 5.74) is 1.23. The van der Waals surface area contributed by atoms with Crippen LogP contribution in [0.5, 0.6) is 0 Å². The first kappa shape index (κ1) is 15.2. The molecule has 1 aromatic rings. The normalized spacial score (nSPS) is 13.0. The lowest BCUT2D eigenvalue weighted by atomic mass is 10.1. The van der Waals surface area contributed by atoms with E-state index >= 15 is 0 Å². The van der Waals surface area contributed by atoms with Gasteiger partial charge in [0, 0.05) is 18.3 Å². The molecular weight excluding hydrogens is 226 g/mol. The van der Waals surface area contributed by atoms with Gasteiger partial charge < -0.3 is 10.1 Å². The Kier molecular flexibility index (Phi) is 4.93.